The second-order valence-electron chi connectivity index (χ2n) is 7.49. The Morgan fingerprint density at radius 1 is 1.27 bits per heavy atom. The molecule has 0 radical (unpaired) electrons. The van der Waals surface area contributed by atoms with Crippen molar-refractivity contribution < 1.29 is 5.11 Å². The molecule has 4 fully saturated rings. The number of azide groups is 1. The molecule has 116 valence electrons. The van der Waals surface area contributed by atoms with Gasteiger partial charge >= 0.3 is 0 Å². The quantitative estimate of drug-likeness (QED) is 0.377. The minimum absolute atomic E-state index is 0.0192. The standard InChI is InChI=1S/C17H20ClN3O/c18-16-7-11-6-13(9-16)14(17(22,8-11)10-16)15(20-21-19)12-4-2-1-3-5-12/h1-5,11,13-15,22H,6-10H2/t11-,13+,14-,15-,16+,17+/m0/s1. The van der Waals surface area contributed by atoms with Gasteiger partial charge in [0.15, 0.2) is 0 Å². The summed E-state index contributed by atoms with van der Waals surface area (Å²) in [5.74, 6) is 0.849. The van der Waals surface area contributed by atoms with Gasteiger partial charge in [0.05, 0.1) is 11.6 Å². The maximum Gasteiger partial charge on any atom is 0.0705 e. The van der Waals surface area contributed by atoms with E-state index in [9.17, 15) is 5.11 Å². The van der Waals surface area contributed by atoms with Gasteiger partial charge in [0.2, 0.25) is 0 Å². The Hall–Kier alpha value is -1.22. The first-order valence-electron chi connectivity index (χ1n) is 8.03. The molecule has 6 atom stereocenters. The van der Waals surface area contributed by atoms with Gasteiger partial charge in [-0.3, -0.25) is 0 Å². The van der Waals surface area contributed by atoms with E-state index in [2.05, 4.69) is 10.0 Å². The van der Waals surface area contributed by atoms with Crippen LogP contribution in [0.3, 0.4) is 0 Å². The lowest BCUT2D eigenvalue weighted by atomic mass is 9.47. The van der Waals surface area contributed by atoms with Gasteiger partial charge in [-0.2, -0.15) is 0 Å². The van der Waals surface area contributed by atoms with Crippen LogP contribution in [0.25, 0.3) is 10.4 Å². The summed E-state index contributed by atoms with van der Waals surface area (Å²) in [4.78, 5) is 2.83. The first kappa shape index (κ1) is 14.4. The minimum atomic E-state index is -0.791. The molecule has 5 rings (SSSR count). The number of rotatable bonds is 3. The molecular formula is C17H20ClN3O. The van der Waals surface area contributed by atoms with Crippen LogP contribution in [0.4, 0.5) is 0 Å². The molecule has 0 amide bonds. The van der Waals surface area contributed by atoms with Gasteiger partial charge in [-0.05, 0) is 55.0 Å². The predicted molar refractivity (Wildman–Crippen MR) is 85.4 cm³/mol. The predicted octanol–water partition coefficient (Wildman–Crippen LogP) is 4.59. The molecule has 1 aromatic rings. The Morgan fingerprint density at radius 2 is 2.05 bits per heavy atom. The highest BCUT2D eigenvalue weighted by molar-refractivity contribution is 6.24. The van der Waals surface area contributed by atoms with Crippen molar-refractivity contribution in [2.45, 2.75) is 48.6 Å². The summed E-state index contributed by atoms with van der Waals surface area (Å²) < 4.78 is 0. The molecule has 4 nitrogen and oxygen atoms in total. The molecule has 4 aliphatic carbocycles. The number of hydrogen-bond donors (Lipinski definition) is 1. The number of halogens is 1. The molecular weight excluding hydrogens is 298 g/mol. The van der Waals surface area contributed by atoms with E-state index in [1.54, 1.807) is 0 Å². The molecule has 0 aromatic heterocycles. The summed E-state index contributed by atoms with van der Waals surface area (Å²) in [6.45, 7) is 0. The molecule has 1 N–H and O–H groups in total. The van der Waals surface area contributed by atoms with Crippen LogP contribution in [0, 0.1) is 17.8 Å². The molecule has 0 spiro atoms. The maximum absolute atomic E-state index is 11.3. The fraction of sp³-hybridized carbons (Fsp3) is 0.647. The van der Waals surface area contributed by atoms with E-state index in [0.29, 0.717) is 18.3 Å². The fourth-order valence-electron chi connectivity index (χ4n) is 5.66. The third-order valence-corrected chi connectivity index (χ3v) is 6.41. The third-order valence-electron chi connectivity index (χ3n) is 5.97. The molecule has 22 heavy (non-hydrogen) atoms. The molecule has 4 bridgehead atoms. The van der Waals surface area contributed by atoms with Gasteiger partial charge in [-0.25, -0.2) is 0 Å². The first-order valence-corrected chi connectivity index (χ1v) is 8.41. The number of hydrogen-bond acceptors (Lipinski definition) is 2. The Labute approximate surface area is 135 Å². The molecule has 4 aliphatic rings. The Bertz CT molecular complexity index is 632. The van der Waals surface area contributed by atoms with Crippen LogP contribution >= 0.6 is 11.6 Å². The summed E-state index contributed by atoms with van der Waals surface area (Å²) >= 11 is 6.75. The van der Waals surface area contributed by atoms with E-state index in [0.717, 1.165) is 31.2 Å². The van der Waals surface area contributed by atoms with Crippen molar-refractivity contribution in [1.82, 2.24) is 0 Å². The van der Waals surface area contributed by atoms with E-state index >= 15 is 0 Å². The van der Waals surface area contributed by atoms with Crippen LogP contribution in [0.1, 0.15) is 43.7 Å². The summed E-state index contributed by atoms with van der Waals surface area (Å²) in [5, 5.41) is 15.4. The zero-order valence-corrected chi connectivity index (χ0v) is 13.2. The topological polar surface area (TPSA) is 69.0 Å². The van der Waals surface area contributed by atoms with Gasteiger partial charge in [0, 0.05) is 15.7 Å². The average molecular weight is 318 g/mol. The van der Waals surface area contributed by atoms with Gasteiger partial charge in [0.25, 0.3) is 0 Å². The lowest BCUT2D eigenvalue weighted by Gasteiger charge is -2.63. The van der Waals surface area contributed by atoms with Gasteiger partial charge < -0.3 is 5.11 Å². The number of nitrogens with zero attached hydrogens (tertiary/aromatic N) is 3. The normalized spacial score (nSPS) is 43.6. The lowest BCUT2D eigenvalue weighted by Crippen LogP contribution is -2.63. The van der Waals surface area contributed by atoms with Gasteiger partial charge in [-0.15, -0.1) is 11.6 Å². The number of aliphatic hydroxyl groups is 1. The smallest absolute Gasteiger partial charge is 0.0705 e. The molecule has 0 heterocycles. The van der Waals surface area contributed by atoms with E-state index < -0.39 is 5.60 Å². The zero-order valence-electron chi connectivity index (χ0n) is 12.4. The maximum atomic E-state index is 11.3. The van der Waals surface area contributed by atoms with Crippen molar-refractivity contribution in [2.24, 2.45) is 22.9 Å². The molecule has 0 unspecified atom stereocenters. The second kappa shape index (κ2) is 4.89. The summed E-state index contributed by atoms with van der Waals surface area (Å²) in [6.07, 6.45) is 4.49. The average Bonchev–Trinajstić information content (AvgIpc) is 2.44. The second-order valence-corrected chi connectivity index (χ2v) is 8.29. The Balaban J connectivity index is 1.76. The van der Waals surface area contributed by atoms with E-state index in [1.165, 1.54) is 0 Å². The minimum Gasteiger partial charge on any atom is -0.389 e. The van der Waals surface area contributed by atoms with Crippen LogP contribution in [0.2, 0.25) is 0 Å². The molecule has 5 heteroatoms. The highest BCUT2D eigenvalue weighted by Gasteiger charge is 2.63. The van der Waals surface area contributed by atoms with Crippen LogP contribution in [0.5, 0.6) is 0 Å². The van der Waals surface area contributed by atoms with E-state index in [1.807, 2.05) is 30.3 Å². The number of benzene rings is 1. The van der Waals surface area contributed by atoms with Crippen LogP contribution < -0.4 is 0 Å². The summed E-state index contributed by atoms with van der Waals surface area (Å²) in [6, 6.07) is 9.54. The van der Waals surface area contributed by atoms with Crippen molar-refractivity contribution in [1.29, 1.82) is 0 Å². The molecule has 0 saturated heterocycles. The molecule has 0 aliphatic heterocycles. The fourth-order valence-corrected chi connectivity index (χ4v) is 6.30. The number of alkyl halides is 1. The molecule has 4 saturated carbocycles. The van der Waals surface area contributed by atoms with Crippen molar-refractivity contribution in [2.75, 3.05) is 0 Å². The summed E-state index contributed by atoms with van der Waals surface area (Å²) in [5.41, 5.74) is 9.24. The highest BCUT2D eigenvalue weighted by Crippen LogP contribution is 2.65. The van der Waals surface area contributed by atoms with Crippen molar-refractivity contribution in [3.05, 3.63) is 46.3 Å². The summed E-state index contributed by atoms with van der Waals surface area (Å²) in [7, 11) is 0. The van der Waals surface area contributed by atoms with Crippen molar-refractivity contribution >= 4 is 11.6 Å². The highest BCUT2D eigenvalue weighted by atomic mass is 35.5. The SMILES string of the molecule is [N-]=[N+]=N[C@@H](c1ccccc1)[C@@H]1[C@@H]2C[C@H]3C[C@@](Cl)(C2)C[C@]1(O)C3. The van der Waals surface area contributed by atoms with Gasteiger partial charge in [0.1, 0.15) is 0 Å². The lowest BCUT2D eigenvalue weighted by molar-refractivity contribution is -0.170. The van der Waals surface area contributed by atoms with Crippen LogP contribution in [-0.4, -0.2) is 15.6 Å². The Kier molecular flexibility index (Phi) is 3.19. The van der Waals surface area contributed by atoms with E-state index in [4.69, 9.17) is 17.1 Å². The van der Waals surface area contributed by atoms with Crippen molar-refractivity contribution in [3.8, 4) is 0 Å². The Morgan fingerprint density at radius 3 is 2.68 bits per heavy atom. The molecule has 1 aromatic carbocycles. The zero-order chi connectivity index (χ0) is 15.4. The first-order chi connectivity index (χ1) is 10.5. The largest absolute Gasteiger partial charge is 0.389 e. The van der Waals surface area contributed by atoms with Gasteiger partial charge in [-0.1, -0.05) is 35.4 Å². The van der Waals surface area contributed by atoms with E-state index in [-0.39, 0.29) is 16.8 Å². The van der Waals surface area contributed by atoms with Crippen LogP contribution in [0.15, 0.2) is 35.4 Å². The van der Waals surface area contributed by atoms with Crippen LogP contribution in [-0.2, 0) is 0 Å². The third kappa shape index (κ3) is 2.13. The van der Waals surface area contributed by atoms with Crippen molar-refractivity contribution in [3.63, 3.8) is 0 Å². The monoisotopic (exact) mass is 317 g/mol.